The largest absolute Gasteiger partial charge is 0.308 e. The van der Waals surface area contributed by atoms with Crippen LogP contribution in [0.3, 0.4) is 0 Å². The van der Waals surface area contributed by atoms with Crippen molar-refractivity contribution in [1.29, 1.82) is 0 Å². The van der Waals surface area contributed by atoms with E-state index in [4.69, 9.17) is 9.97 Å². The van der Waals surface area contributed by atoms with Gasteiger partial charge in [-0.3, -0.25) is 4.57 Å². The van der Waals surface area contributed by atoms with E-state index in [1.807, 2.05) is 11.3 Å². The maximum Gasteiger partial charge on any atom is 0.235 e. The molecule has 0 saturated heterocycles. The van der Waals surface area contributed by atoms with E-state index in [-0.39, 0.29) is 0 Å². The summed E-state index contributed by atoms with van der Waals surface area (Å²) in [6.45, 7) is 0. The Morgan fingerprint density at radius 1 is 0.578 bits per heavy atom. The lowest BCUT2D eigenvalue weighted by atomic mass is 10.0. The quantitative estimate of drug-likeness (QED) is 0.204. The van der Waals surface area contributed by atoms with Gasteiger partial charge < -0.3 is 4.57 Å². The molecule has 0 bridgehead atoms. The van der Waals surface area contributed by atoms with Crippen molar-refractivity contribution in [3.8, 4) is 22.9 Å². The summed E-state index contributed by atoms with van der Waals surface area (Å²) in [6.07, 6.45) is 6.74. The van der Waals surface area contributed by atoms with Gasteiger partial charge in [0.25, 0.3) is 0 Å². The number of benzene rings is 5. The van der Waals surface area contributed by atoms with Gasteiger partial charge in [0.05, 0.1) is 42.9 Å². The molecule has 0 saturated carbocycles. The van der Waals surface area contributed by atoms with Gasteiger partial charge in [-0.2, -0.15) is 0 Å². The minimum absolute atomic E-state index is 0.695. The van der Waals surface area contributed by atoms with Crippen molar-refractivity contribution < 1.29 is 0 Å². The van der Waals surface area contributed by atoms with Crippen LogP contribution in [0.25, 0.3) is 82.0 Å². The molecule has 4 aromatic heterocycles. The summed E-state index contributed by atoms with van der Waals surface area (Å²) in [5, 5.41) is 4.75. The maximum absolute atomic E-state index is 5.34. The fourth-order valence-electron chi connectivity index (χ4n) is 7.26. The topological polar surface area (TPSA) is 35.6 Å². The lowest BCUT2D eigenvalue weighted by Gasteiger charge is -2.13. The van der Waals surface area contributed by atoms with E-state index < -0.39 is 0 Å². The molecule has 1 aliphatic carbocycles. The highest BCUT2D eigenvalue weighted by Crippen LogP contribution is 2.47. The third kappa shape index (κ3) is 3.53. The Labute approximate surface area is 263 Å². The van der Waals surface area contributed by atoms with Gasteiger partial charge >= 0.3 is 0 Å². The van der Waals surface area contributed by atoms with Crippen LogP contribution in [-0.4, -0.2) is 19.1 Å². The minimum atomic E-state index is 0.695. The summed E-state index contributed by atoms with van der Waals surface area (Å²) in [4.78, 5) is 10.6. The van der Waals surface area contributed by atoms with Crippen LogP contribution in [-0.2, 0) is 6.42 Å². The van der Waals surface area contributed by atoms with Gasteiger partial charge in [-0.05, 0) is 48.7 Å². The van der Waals surface area contributed by atoms with Crippen molar-refractivity contribution in [3.63, 3.8) is 0 Å². The fraction of sp³-hybridized carbons (Fsp3) is 0.0500. The van der Waals surface area contributed by atoms with Gasteiger partial charge in [0, 0.05) is 32.8 Å². The van der Waals surface area contributed by atoms with Crippen molar-refractivity contribution in [2.24, 2.45) is 0 Å². The highest BCUT2D eigenvalue weighted by molar-refractivity contribution is 7.27. The van der Waals surface area contributed by atoms with Gasteiger partial charge in [0.1, 0.15) is 0 Å². The summed E-state index contributed by atoms with van der Waals surface area (Å²) >= 11 is 1.92. The zero-order valence-electron chi connectivity index (χ0n) is 24.3. The first kappa shape index (κ1) is 24.9. The van der Waals surface area contributed by atoms with E-state index in [1.165, 1.54) is 53.5 Å². The SMILES string of the molecule is C1=Cc2c(c3sc4c(ccc5c6ccccc6n(-c6nc(-c7ccccc7)c7ccccc7n6)c54)c3n2-c2ccccc2)CC1. The van der Waals surface area contributed by atoms with Crippen LogP contribution in [0.4, 0.5) is 0 Å². The van der Waals surface area contributed by atoms with Gasteiger partial charge in [0.2, 0.25) is 5.95 Å². The molecule has 0 fully saturated rings. The van der Waals surface area contributed by atoms with Crippen LogP contribution in [0, 0.1) is 0 Å². The Kier molecular flexibility index (Phi) is 5.24. The molecule has 0 amide bonds. The molecular formula is C40H26N4S. The fourth-order valence-corrected chi connectivity index (χ4v) is 8.67. The Bertz CT molecular complexity index is 2640. The molecular weight excluding hydrogens is 569 g/mol. The monoisotopic (exact) mass is 594 g/mol. The van der Waals surface area contributed by atoms with Crippen LogP contribution in [0.15, 0.2) is 127 Å². The number of aromatic nitrogens is 4. The first-order chi connectivity index (χ1) is 22.3. The summed E-state index contributed by atoms with van der Waals surface area (Å²) < 4.78 is 7.43. The number of rotatable bonds is 3. The molecule has 45 heavy (non-hydrogen) atoms. The van der Waals surface area contributed by atoms with Crippen LogP contribution in [0.5, 0.6) is 0 Å². The molecule has 5 aromatic carbocycles. The van der Waals surface area contributed by atoms with Crippen LogP contribution >= 0.6 is 11.3 Å². The predicted molar refractivity (Wildman–Crippen MR) is 189 cm³/mol. The third-order valence-electron chi connectivity index (χ3n) is 9.20. The van der Waals surface area contributed by atoms with Crippen molar-refractivity contribution in [2.45, 2.75) is 12.8 Å². The van der Waals surface area contributed by atoms with E-state index in [0.717, 1.165) is 40.5 Å². The molecule has 0 unspecified atom stereocenters. The second-order valence-corrected chi connectivity index (χ2v) is 12.7. The molecule has 4 nitrogen and oxygen atoms in total. The number of nitrogens with zero attached hydrogens (tertiary/aromatic N) is 4. The number of aryl methyl sites for hydroxylation is 1. The number of hydrogen-bond acceptors (Lipinski definition) is 3. The van der Waals surface area contributed by atoms with Crippen molar-refractivity contribution >= 4 is 70.4 Å². The molecule has 4 heterocycles. The molecule has 5 heteroatoms. The molecule has 9 aromatic rings. The summed E-state index contributed by atoms with van der Waals surface area (Å²) in [5.41, 5.74) is 10.5. The highest BCUT2D eigenvalue weighted by atomic mass is 32.1. The second kappa shape index (κ2) is 9.49. The Hall–Kier alpha value is -5.52. The average molecular weight is 595 g/mol. The molecule has 0 radical (unpaired) electrons. The third-order valence-corrected chi connectivity index (χ3v) is 10.5. The van der Waals surface area contributed by atoms with Gasteiger partial charge in [0.15, 0.2) is 0 Å². The number of fused-ring (bicyclic) bond motifs is 10. The minimum Gasteiger partial charge on any atom is -0.308 e. The van der Waals surface area contributed by atoms with Crippen LogP contribution in [0.1, 0.15) is 17.7 Å². The average Bonchev–Trinajstić information content (AvgIpc) is 3.76. The summed E-state index contributed by atoms with van der Waals surface area (Å²) in [5.74, 6) is 0.695. The molecule has 212 valence electrons. The van der Waals surface area contributed by atoms with Crippen molar-refractivity contribution in [3.05, 3.63) is 139 Å². The van der Waals surface area contributed by atoms with E-state index in [9.17, 15) is 0 Å². The summed E-state index contributed by atoms with van der Waals surface area (Å²) in [7, 11) is 0. The Morgan fingerprint density at radius 3 is 2.16 bits per heavy atom. The van der Waals surface area contributed by atoms with Crippen LogP contribution in [0.2, 0.25) is 0 Å². The van der Waals surface area contributed by atoms with E-state index in [2.05, 4.69) is 143 Å². The number of allylic oxidation sites excluding steroid dienone is 1. The second-order valence-electron chi connectivity index (χ2n) is 11.7. The van der Waals surface area contributed by atoms with Crippen molar-refractivity contribution in [1.82, 2.24) is 19.1 Å². The Balaban J connectivity index is 1.36. The smallest absolute Gasteiger partial charge is 0.235 e. The number of thiophene rings is 1. The molecule has 1 aliphatic rings. The normalized spacial score (nSPS) is 13.1. The van der Waals surface area contributed by atoms with E-state index >= 15 is 0 Å². The van der Waals surface area contributed by atoms with E-state index in [0.29, 0.717) is 5.95 Å². The highest BCUT2D eigenvalue weighted by Gasteiger charge is 2.26. The lowest BCUT2D eigenvalue weighted by molar-refractivity contribution is 0.969. The van der Waals surface area contributed by atoms with Crippen molar-refractivity contribution in [2.75, 3.05) is 0 Å². The van der Waals surface area contributed by atoms with E-state index in [1.54, 1.807) is 0 Å². The number of para-hydroxylation sites is 3. The lowest BCUT2D eigenvalue weighted by Crippen LogP contribution is -2.03. The predicted octanol–water partition coefficient (Wildman–Crippen LogP) is 10.5. The molecule has 0 N–H and O–H groups in total. The zero-order chi connectivity index (χ0) is 29.5. The van der Waals surface area contributed by atoms with Gasteiger partial charge in [-0.25, -0.2) is 9.97 Å². The molecule has 0 atom stereocenters. The van der Waals surface area contributed by atoms with Crippen LogP contribution < -0.4 is 0 Å². The molecule has 10 rings (SSSR count). The first-order valence-electron chi connectivity index (χ1n) is 15.4. The summed E-state index contributed by atoms with van der Waals surface area (Å²) in [6, 6.07) is 42.9. The maximum atomic E-state index is 5.34. The zero-order valence-corrected chi connectivity index (χ0v) is 25.1. The molecule has 0 aliphatic heterocycles. The standard InChI is InChI=1S/C40H26N4S/c1-3-13-25(14-4-1)35-29-18-7-10-20-32(29)41-40(42-35)44-33-21-11-8-17-27(33)28-23-24-31-37-38(45-39(31)36(28)44)30-19-9-12-22-34(30)43(37)26-15-5-2-6-16-26/h1-8,10-18,20-24H,9,19H2. The van der Waals surface area contributed by atoms with Gasteiger partial charge in [-0.15, -0.1) is 11.3 Å². The first-order valence-corrected chi connectivity index (χ1v) is 16.2. The Morgan fingerprint density at radius 2 is 1.29 bits per heavy atom. The molecule has 0 spiro atoms. The number of hydrogen-bond donors (Lipinski definition) is 0. The van der Waals surface area contributed by atoms with Gasteiger partial charge in [-0.1, -0.05) is 103 Å².